The summed E-state index contributed by atoms with van der Waals surface area (Å²) in [6, 6.07) is 42.9. The summed E-state index contributed by atoms with van der Waals surface area (Å²) in [6.07, 6.45) is 4.11. The fourth-order valence-corrected chi connectivity index (χ4v) is 7.67. The number of rotatable bonds is 9. The van der Waals surface area contributed by atoms with Crippen LogP contribution in [-0.4, -0.2) is 0 Å². The number of hydrogen-bond acceptors (Lipinski definition) is 1. The van der Waals surface area contributed by atoms with Crippen LogP contribution in [0.1, 0.15) is 12.8 Å². The summed E-state index contributed by atoms with van der Waals surface area (Å²) in [5.41, 5.74) is 7.50. The molecule has 0 fully saturated rings. The van der Waals surface area contributed by atoms with E-state index < -0.39 is 15.8 Å². The first kappa shape index (κ1) is 23.2. The second-order valence-corrected chi connectivity index (χ2v) is 11.8. The van der Waals surface area contributed by atoms with E-state index in [9.17, 15) is 0 Å². The van der Waals surface area contributed by atoms with Crippen molar-refractivity contribution in [1.82, 2.24) is 0 Å². The first-order valence-corrected chi connectivity index (χ1v) is 14.0. The van der Waals surface area contributed by atoms with E-state index in [-0.39, 0.29) is 0 Å². The second kappa shape index (κ2) is 12.3. The Morgan fingerprint density at radius 1 is 0.545 bits per heavy atom. The van der Waals surface area contributed by atoms with Crippen molar-refractivity contribution in [3.63, 3.8) is 0 Å². The standard InChI is InChI=1S/C30H29NP2/c31-26(25-33(29-20-9-3-10-21-29)30-22-11-4-12-23-30)15-13-14-24-32(27-16-5-1-6-17-27)28-18-7-2-8-19-28/h1-12,14,16-25H,13,15,31H2. The van der Waals surface area contributed by atoms with Gasteiger partial charge in [-0.1, -0.05) is 133 Å². The third-order valence-electron chi connectivity index (χ3n) is 5.29. The largest absolute Gasteiger partial charge is 0.402 e. The third-order valence-corrected chi connectivity index (χ3v) is 9.80. The summed E-state index contributed by atoms with van der Waals surface area (Å²) >= 11 is 0. The van der Waals surface area contributed by atoms with Crippen molar-refractivity contribution in [1.29, 1.82) is 0 Å². The average molecular weight is 466 g/mol. The van der Waals surface area contributed by atoms with Crippen molar-refractivity contribution in [2.75, 3.05) is 0 Å². The van der Waals surface area contributed by atoms with Gasteiger partial charge >= 0.3 is 0 Å². The van der Waals surface area contributed by atoms with Crippen LogP contribution < -0.4 is 27.0 Å². The molecule has 2 N–H and O–H groups in total. The van der Waals surface area contributed by atoms with Gasteiger partial charge in [-0.2, -0.15) is 0 Å². The van der Waals surface area contributed by atoms with E-state index in [2.05, 4.69) is 139 Å². The monoisotopic (exact) mass is 465 g/mol. The van der Waals surface area contributed by atoms with Gasteiger partial charge in [0.1, 0.15) is 0 Å². The summed E-state index contributed by atoms with van der Waals surface area (Å²) in [5, 5.41) is 5.40. The Balaban J connectivity index is 1.48. The van der Waals surface area contributed by atoms with E-state index in [0.717, 1.165) is 18.5 Å². The van der Waals surface area contributed by atoms with Gasteiger partial charge in [-0.15, -0.1) is 0 Å². The molecule has 0 spiro atoms. The molecule has 0 amide bonds. The summed E-state index contributed by atoms with van der Waals surface area (Å²) < 4.78 is 0. The lowest BCUT2D eigenvalue weighted by Crippen LogP contribution is -2.11. The summed E-state index contributed by atoms with van der Waals surface area (Å²) in [6.45, 7) is 0. The maximum atomic E-state index is 6.54. The molecule has 0 aromatic heterocycles. The van der Waals surface area contributed by atoms with Crippen molar-refractivity contribution in [3.05, 3.63) is 145 Å². The van der Waals surface area contributed by atoms with Gasteiger partial charge in [-0.05, 0) is 55.7 Å². The Hall–Kier alpha value is -2.98. The highest BCUT2D eigenvalue weighted by molar-refractivity contribution is 7.76. The molecule has 0 bridgehead atoms. The van der Waals surface area contributed by atoms with Gasteiger partial charge in [0.15, 0.2) is 0 Å². The topological polar surface area (TPSA) is 26.0 Å². The molecule has 4 aromatic rings. The minimum atomic E-state index is -0.603. The maximum absolute atomic E-state index is 6.54. The molecule has 0 aliphatic carbocycles. The molecule has 1 nitrogen and oxygen atoms in total. The van der Waals surface area contributed by atoms with Crippen molar-refractivity contribution < 1.29 is 0 Å². The Morgan fingerprint density at radius 3 is 1.30 bits per heavy atom. The molecule has 0 aliphatic heterocycles. The fraction of sp³-hybridized carbons (Fsp3) is 0.0667. The molecule has 0 unspecified atom stereocenters. The van der Waals surface area contributed by atoms with Crippen LogP contribution in [0.5, 0.6) is 0 Å². The Bertz CT molecular complexity index is 1080. The lowest BCUT2D eigenvalue weighted by atomic mass is 10.3. The molecule has 0 saturated heterocycles. The van der Waals surface area contributed by atoms with Crippen molar-refractivity contribution in [3.8, 4) is 0 Å². The second-order valence-electron chi connectivity index (χ2n) is 7.71. The highest BCUT2D eigenvalue weighted by atomic mass is 31.1. The fourth-order valence-electron chi connectivity index (χ4n) is 3.63. The smallest absolute Gasteiger partial charge is 0.00947 e. The predicted molar refractivity (Wildman–Crippen MR) is 149 cm³/mol. The third kappa shape index (κ3) is 6.75. The SMILES string of the molecule is NC(=CP(c1ccccc1)c1ccccc1)CCC=CP(c1ccccc1)c1ccccc1. The molecule has 0 aliphatic rings. The van der Waals surface area contributed by atoms with Gasteiger partial charge < -0.3 is 5.73 Å². The minimum Gasteiger partial charge on any atom is -0.402 e. The molecule has 0 heterocycles. The van der Waals surface area contributed by atoms with Crippen LogP contribution in [0.4, 0.5) is 0 Å². The Kier molecular flexibility index (Phi) is 8.65. The van der Waals surface area contributed by atoms with Crippen LogP contribution in [0.2, 0.25) is 0 Å². The zero-order valence-corrected chi connectivity index (χ0v) is 20.5. The van der Waals surface area contributed by atoms with Crippen molar-refractivity contribution in [2.24, 2.45) is 5.73 Å². The summed E-state index contributed by atoms with van der Waals surface area (Å²) in [5.74, 6) is 4.66. The van der Waals surface area contributed by atoms with E-state index in [4.69, 9.17) is 5.73 Å². The molecule has 0 saturated carbocycles. The van der Waals surface area contributed by atoms with E-state index in [0.29, 0.717) is 0 Å². The molecule has 3 heteroatoms. The minimum absolute atomic E-state index is 0.508. The van der Waals surface area contributed by atoms with Gasteiger partial charge in [-0.25, -0.2) is 0 Å². The predicted octanol–water partition coefficient (Wildman–Crippen LogP) is 6.35. The van der Waals surface area contributed by atoms with Gasteiger partial charge in [-0.3, -0.25) is 0 Å². The van der Waals surface area contributed by atoms with E-state index in [1.54, 1.807) is 0 Å². The lowest BCUT2D eigenvalue weighted by Gasteiger charge is -2.16. The highest BCUT2D eigenvalue weighted by Gasteiger charge is 2.12. The zero-order chi connectivity index (χ0) is 22.7. The first-order valence-electron chi connectivity index (χ1n) is 11.2. The molecule has 0 atom stereocenters. The van der Waals surface area contributed by atoms with E-state index >= 15 is 0 Å². The van der Waals surface area contributed by atoms with E-state index in [1.165, 1.54) is 21.2 Å². The molecule has 4 aromatic carbocycles. The van der Waals surface area contributed by atoms with Crippen molar-refractivity contribution >= 4 is 37.1 Å². The average Bonchev–Trinajstić information content (AvgIpc) is 2.89. The number of allylic oxidation sites excluding steroid dienone is 2. The van der Waals surface area contributed by atoms with E-state index in [1.807, 2.05) is 0 Å². The quantitative estimate of drug-likeness (QED) is 0.287. The number of benzene rings is 4. The summed E-state index contributed by atoms with van der Waals surface area (Å²) in [7, 11) is -1.11. The number of hydrogen-bond donors (Lipinski definition) is 1. The molecule has 0 radical (unpaired) electrons. The van der Waals surface area contributed by atoms with Crippen LogP contribution in [0.25, 0.3) is 0 Å². The Morgan fingerprint density at radius 2 is 0.909 bits per heavy atom. The van der Waals surface area contributed by atoms with Gasteiger partial charge in [0.05, 0.1) is 0 Å². The van der Waals surface area contributed by atoms with Crippen molar-refractivity contribution in [2.45, 2.75) is 12.8 Å². The molecular formula is C30H29NP2. The normalized spacial score (nSPS) is 12.0. The summed E-state index contributed by atoms with van der Waals surface area (Å²) in [4.78, 5) is 0. The van der Waals surface area contributed by atoms with Gasteiger partial charge in [0, 0.05) is 5.70 Å². The molecule has 33 heavy (non-hydrogen) atoms. The number of nitrogens with two attached hydrogens (primary N) is 1. The van der Waals surface area contributed by atoms with Gasteiger partial charge in [0.2, 0.25) is 0 Å². The highest BCUT2D eigenvalue weighted by Crippen LogP contribution is 2.37. The van der Waals surface area contributed by atoms with Crippen LogP contribution in [0.3, 0.4) is 0 Å². The van der Waals surface area contributed by atoms with Crippen LogP contribution in [-0.2, 0) is 0 Å². The maximum Gasteiger partial charge on any atom is 0.00947 e. The zero-order valence-electron chi connectivity index (χ0n) is 18.7. The van der Waals surface area contributed by atoms with Crippen LogP contribution in [0.15, 0.2) is 145 Å². The molecular weight excluding hydrogens is 436 g/mol. The van der Waals surface area contributed by atoms with Crippen LogP contribution >= 0.6 is 15.8 Å². The molecule has 4 rings (SSSR count). The van der Waals surface area contributed by atoms with Gasteiger partial charge in [0.25, 0.3) is 0 Å². The van der Waals surface area contributed by atoms with Crippen LogP contribution in [0, 0.1) is 0 Å². The Labute approximate surface area is 200 Å². The first-order chi connectivity index (χ1) is 16.3. The molecule has 164 valence electrons. The lowest BCUT2D eigenvalue weighted by molar-refractivity contribution is 0.965.